The molecule has 2 aliphatic carbocycles. The number of rotatable bonds is 8. The molecule has 1 aliphatic heterocycles. The van der Waals surface area contributed by atoms with Crippen molar-refractivity contribution in [2.45, 2.75) is 88.1 Å². The molecule has 3 fully saturated rings. The Labute approximate surface area is 199 Å². The zero-order chi connectivity index (χ0) is 24.3. The molecule has 5 nitrogen and oxygen atoms in total. The number of hydrogen-bond acceptors (Lipinski definition) is 4. The molecule has 0 unspecified atom stereocenters. The molecule has 3 aliphatic rings. The van der Waals surface area contributed by atoms with E-state index in [1.807, 2.05) is 0 Å². The van der Waals surface area contributed by atoms with Crippen LogP contribution in [0.15, 0.2) is 36.5 Å². The topological polar surface area (TPSA) is 67.6 Å². The molecule has 0 radical (unpaired) electrons. The van der Waals surface area contributed by atoms with Crippen molar-refractivity contribution in [3.05, 3.63) is 42.1 Å². The Morgan fingerprint density at radius 2 is 1.74 bits per heavy atom. The fourth-order valence-electron chi connectivity index (χ4n) is 5.49. The minimum absolute atomic E-state index is 0.0624. The van der Waals surface area contributed by atoms with Gasteiger partial charge < -0.3 is 20.7 Å². The third-order valence-corrected chi connectivity index (χ3v) is 7.77. The average Bonchev–Trinajstić information content (AvgIpc) is 3.61. The van der Waals surface area contributed by atoms with Crippen LogP contribution in [0, 0.1) is 5.92 Å². The first-order chi connectivity index (χ1) is 16.2. The van der Waals surface area contributed by atoms with Crippen LogP contribution in [0.25, 0.3) is 0 Å². The summed E-state index contributed by atoms with van der Waals surface area (Å²) in [5.74, 6) is 0.226. The Bertz CT molecular complexity index is 853. The molecule has 2 saturated carbocycles. The number of hydrogen-bond donors (Lipinski definition) is 2. The van der Waals surface area contributed by atoms with E-state index in [2.05, 4.69) is 21.5 Å². The highest BCUT2D eigenvalue weighted by atomic mass is 19.4. The van der Waals surface area contributed by atoms with Crippen LogP contribution in [0.4, 0.5) is 13.2 Å². The molecule has 1 atom stereocenters. The first-order valence-corrected chi connectivity index (χ1v) is 12.5. The highest BCUT2D eigenvalue weighted by Gasteiger charge is 2.52. The van der Waals surface area contributed by atoms with Crippen LogP contribution < -0.4 is 15.8 Å². The van der Waals surface area contributed by atoms with Gasteiger partial charge in [0.15, 0.2) is 0 Å². The Kier molecular flexibility index (Phi) is 7.45. The predicted molar refractivity (Wildman–Crippen MR) is 125 cm³/mol. The second-order valence-electron chi connectivity index (χ2n) is 10.2. The quantitative estimate of drug-likeness (QED) is 0.550. The Morgan fingerprint density at radius 3 is 2.29 bits per heavy atom. The van der Waals surface area contributed by atoms with Gasteiger partial charge in [-0.3, -0.25) is 4.79 Å². The van der Waals surface area contributed by atoms with E-state index in [0.717, 1.165) is 43.6 Å². The highest BCUT2D eigenvalue weighted by molar-refractivity contribution is 5.91. The molecule has 0 spiro atoms. The first-order valence-electron chi connectivity index (χ1n) is 12.5. The summed E-state index contributed by atoms with van der Waals surface area (Å²) in [5, 5.41) is 3.30. The number of piperidine rings is 1. The molecule has 1 aromatic carbocycles. The van der Waals surface area contributed by atoms with Crippen molar-refractivity contribution in [2.75, 3.05) is 13.1 Å². The summed E-state index contributed by atoms with van der Waals surface area (Å²) in [6.07, 6.45) is 5.42. The molecule has 1 heterocycles. The van der Waals surface area contributed by atoms with Crippen molar-refractivity contribution in [2.24, 2.45) is 11.7 Å². The molecule has 8 heteroatoms. The second-order valence-corrected chi connectivity index (χ2v) is 10.2. The predicted octanol–water partition coefficient (Wildman–Crippen LogP) is 5.01. The standard InChI is InChI=1S/C26H36F3N3O2/c1-18(32-15-11-21(30)12-16-32)23(17-19-5-3-2-4-6-19)31-24(33)25(13-14-25)20-7-9-22(10-8-20)34-26(27,28)29/h7-10,19,21,23H,1-6,11-17,30H2,(H,31,33)/t23-/m0/s1. The fourth-order valence-corrected chi connectivity index (χ4v) is 5.49. The van der Waals surface area contributed by atoms with Crippen LogP contribution in [0.5, 0.6) is 5.75 Å². The van der Waals surface area contributed by atoms with Crippen LogP contribution in [0.2, 0.25) is 0 Å². The molecule has 1 amide bonds. The zero-order valence-electron chi connectivity index (χ0n) is 19.7. The summed E-state index contributed by atoms with van der Waals surface area (Å²) >= 11 is 0. The van der Waals surface area contributed by atoms with Crippen molar-refractivity contribution in [1.82, 2.24) is 10.2 Å². The van der Waals surface area contributed by atoms with E-state index >= 15 is 0 Å². The van der Waals surface area contributed by atoms with Crippen LogP contribution in [0.3, 0.4) is 0 Å². The van der Waals surface area contributed by atoms with E-state index in [0.29, 0.717) is 18.8 Å². The SMILES string of the molecule is C=C([C@H](CC1CCCCC1)NC(=O)C1(c2ccc(OC(F)(F)F)cc2)CC1)N1CCC(N)CC1. The van der Waals surface area contributed by atoms with E-state index in [1.165, 1.54) is 44.2 Å². The van der Waals surface area contributed by atoms with E-state index in [9.17, 15) is 18.0 Å². The summed E-state index contributed by atoms with van der Waals surface area (Å²) in [7, 11) is 0. The lowest BCUT2D eigenvalue weighted by atomic mass is 9.83. The van der Waals surface area contributed by atoms with E-state index in [1.54, 1.807) is 12.1 Å². The number of nitrogens with two attached hydrogens (primary N) is 1. The Hall–Kier alpha value is -2.22. The lowest BCUT2D eigenvalue weighted by molar-refractivity contribution is -0.274. The highest BCUT2D eigenvalue weighted by Crippen LogP contribution is 2.49. The molecule has 1 aromatic rings. The van der Waals surface area contributed by atoms with E-state index in [4.69, 9.17) is 5.73 Å². The molecule has 34 heavy (non-hydrogen) atoms. The van der Waals surface area contributed by atoms with Crippen molar-refractivity contribution >= 4 is 5.91 Å². The number of carbonyl (C=O) groups is 1. The van der Waals surface area contributed by atoms with E-state index in [-0.39, 0.29) is 23.7 Å². The summed E-state index contributed by atoms with van der Waals surface area (Å²) in [5.41, 5.74) is 7.07. The number of likely N-dealkylation sites (tertiary alicyclic amines) is 1. The van der Waals surface area contributed by atoms with Crippen LogP contribution >= 0.6 is 0 Å². The van der Waals surface area contributed by atoms with Crippen molar-refractivity contribution in [3.8, 4) is 5.75 Å². The maximum Gasteiger partial charge on any atom is 0.573 e. The third kappa shape index (κ3) is 6.06. The largest absolute Gasteiger partial charge is 0.573 e. The molecule has 1 saturated heterocycles. The maximum absolute atomic E-state index is 13.5. The second kappa shape index (κ2) is 10.2. The van der Waals surface area contributed by atoms with Gasteiger partial charge in [-0.25, -0.2) is 0 Å². The summed E-state index contributed by atoms with van der Waals surface area (Å²) < 4.78 is 41.5. The zero-order valence-corrected chi connectivity index (χ0v) is 19.7. The van der Waals surface area contributed by atoms with Gasteiger partial charge in [-0.05, 0) is 55.7 Å². The van der Waals surface area contributed by atoms with Gasteiger partial charge in [0.1, 0.15) is 5.75 Å². The molecule has 188 valence electrons. The minimum Gasteiger partial charge on any atom is -0.406 e. The lowest BCUT2D eigenvalue weighted by Gasteiger charge is -2.38. The van der Waals surface area contributed by atoms with Gasteiger partial charge in [-0.2, -0.15) is 0 Å². The molecule has 3 N–H and O–H groups in total. The number of halogens is 3. The average molecular weight is 480 g/mol. The van der Waals surface area contributed by atoms with Gasteiger partial charge >= 0.3 is 6.36 Å². The number of amides is 1. The van der Waals surface area contributed by atoms with E-state index < -0.39 is 11.8 Å². The fraction of sp³-hybridized carbons (Fsp3) is 0.654. The number of alkyl halides is 3. The van der Waals surface area contributed by atoms with Gasteiger partial charge in [0.25, 0.3) is 0 Å². The van der Waals surface area contributed by atoms with Gasteiger partial charge in [0.2, 0.25) is 5.91 Å². The maximum atomic E-state index is 13.5. The summed E-state index contributed by atoms with van der Waals surface area (Å²) in [6.45, 7) is 6.09. The van der Waals surface area contributed by atoms with Gasteiger partial charge in [0.05, 0.1) is 11.5 Å². The first kappa shape index (κ1) is 24.9. The Morgan fingerprint density at radius 1 is 1.12 bits per heavy atom. The van der Waals surface area contributed by atoms with Crippen molar-refractivity contribution < 1.29 is 22.7 Å². The molecular weight excluding hydrogens is 443 g/mol. The normalized spacial score (nSPS) is 22.2. The number of ether oxygens (including phenoxy) is 1. The van der Waals surface area contributed by atoms with Crippen LogP contribution in [-0.4, -0.2) is 42.3 Å². The number of nitrogens with one attached hydrogen (secondary N) is 1. The van der Waals surface area contributed by atoms with Gasteiger partial charge in [0, 0.05) is 24.8 Å². The number of nitrogens with zero attached hydrogens (tertiary/aromatic N) is 1. The monoisotopic (exact) mass is 479 g/mol. The third-order valence-electron chi connectivity index (χ3n) is 7.77. The number of benzene rings is 1. The van der Waals surface area contributed by atoms with Crippen molar-refractivity contribution in [1.29, 1.82) is 0 Å². The molecule has 0 bridgehead atoms. The summed E-state index contributed by atoms with van der Waals surface area (Å²) in [4.78, 5) is 15.8. The lowest BCUT2D eigenvalue weighted by Crippen LogP contribution is -2.49. The van der Waals surface area contributed by atoms with Gasteiger partial charge in [-0.1, -0.05) is 50.8 Å². The molecule has 4 rings (SSSR count). The van der Waals surface area contributed by atoms with Gasteiger partial charge in [-0.15, -0.1) is 13.2 Å². The van der Waals surface area contributed by atoms with Crippen LogP contribution in [-0.2, 0) is 10.2 Å². The summed E-state index contributed by atoms with van der Waals surface area (Å²) in [6, 6.07) is 5.79. The number of carbonyl (C=O) groups excluding carboxylic acids is 1. The Balaban J connectivity index is 1.46. The molecule has 0 aromatic heterocycles. The minimum atomic E-state index is -4.73. The van der Waals surface area contributed by atoms with Crippen LogP contribution in [0.1, 0.15) is 69.8 Å². The molecular formula is C26H36F3N3O2. The smallest absolute Gasteiger partial charge is 0.406 e. The van der Waals surface area contributed by atoms with Crippen molar-refractivity contribution in [3.63, 3.8) is 0 Å².